The van der Waals surface area contributed by atoms with Crippen LogP contribution in [0.2, 0.25) is 0 Å². The van der Waals surface area contributed by atoms with E-state index < -0.39 is 23.7 Å². The van der Waals surface area contributed by atoms with Crippen molar-refractivity contribution in [2.45, 2.75) is 155 Å². The smallest absolute Gasteiger partial charge is 0.132 e. The van der Waals surface area contributed by atoms with E-state index in [2.05, 4.69) is 27.7 Å². The molecule has 1 aliphatic rings. The standard InChI is InChI=1S/C72H84N4O8/c1-5-21-49-53-33-55(67(79)61(65(53)77)41-73-37-45-25-13-9-14-26-45)50(22-6-2)57-35-59(71(83)63(69(57)81)43-75-39-47-29-17-11-18-30-47)52(24-8-4)60-36-58(70(82)64(72(60)84)44-76-40-48-31-19-12-20-32-48)51(23-7-3)56-34-54(49)66(78)62(68(56)80)42-74-38-46-27-15-10-16-28-46/h9-20,25-36,49-52,73-84H,5-8,21-24,37-44H2,1-4H3/p+4. The molecular weight excluding hydrogens is 1050 g/mol. The highest BCUT2D eigenvalue weighted by molar-refractivity contribution is 5.67. The van der Waals surface area contributed by atoms with Crippen LogP contribution in [-0.2, 0) is 52.4 Å². The molecule has 0 spiro atoms. The van der Waals surface area contributed by atoms with Crippen molar-refractivity contribution in [3.8, 4) is 46.0 Å². The van der Waals surface area contributed by atoms with Gasteiger partial charge in [-0.3, -0.25) is 0 Å². The third-order valence-electron chi connectivity index (χ3n) is 17.3. The van der Waals surface area contributed by atoms with Crippen LogP contribution >= 0.6 is 0 Å². The second kappa shape index (κ2) is 28.5. The Labute approximate surface area is 495 Å². The largest absolute Gasteiger partial charge is 0.507 e. The highest BCUT2D eigenvalue weighted by Crippen LogP contribution is 2.55. The first-order chi connectivity index (χ1) is 40.9. The second-order valence-corrected chi connectivity index (χ2v) is 23.0. The summed E-state index contributed by atoms with van der Waals surface area (Å²) < 4.78 is 0. The number of hydrogen-bond donors (Lipinski definition) is 12. The van der Waals surface area contributed by atoms with Gasteiger partial charge in [0.05, 0.1) is 22.3 Å². The van der Waals surface area contributed by atoms with Crippen molar-refractivity contribution in [1.82, 2.24) is 0 Å². The Bertz CT molecular complexity index is 2900. The molecule has 440 valence electrons. The fraction of sp³-hybridized carbons (Fsp3) is 0.333. The first-order valence-electron chi connectivity index (χ1n) is 30.6. The van der Waals surface area contributed by atoms with E-state index in [0.717, 1.165) is 22.3 Å². The molecule has 12 heteroatoms. The predicted molar refractivity (Wildman–Crippen MR) is 329 cm³/mol. The Hall–Kier alpha value is -8.00. The monoisotopic (exact) mass is 1140 g/mol. The van der Waals surface area contributed by atoms with Crippen LogP contribution in [0.5, 0.6) is 46.0 Å². The fourth-order valence-electron chi connectivity index (χ4n) is 13.0. The lowest BCUT2D eigenvalue weighted by Crippen LogP contribution is -2.80. The Morgan fingerprint density at radius 2 is 0.417 bits per heavy atom. The highest BCUT2D eigenvalue weighted by atomic mass is 16.3. The molecule has 8 aromatic carbocycles. The summed E-state index contributed by atoms with van der Waals surface area (Å²) in [6, 6.07) is 47.5. The lowest BCUT2D eigenvalue weighted by molar-refractivity contribution is -0.686. The van der Waals surface area contributed by atoms with Crippen LogP contribution in [-0.4, -0.2) is 40.9 Å². The zero-order valence-electron chi connectivity index (χ0n) is 49.4. The molecule has 8 bridgehead atoms. The molecule has 0 unspecified atom stereocenters. The van der Waals surface area contributed by atoms with Gasteiger partial charge in [-0.15, -0.1) is 0 Å². The molecule has 84 heavy (non-hydrogen) atoms. The van der Waals surface area contributed by atoms with Gasteiger partial charge in [0.2, 0.25) is 0 Å². The lowest BCUT2D eigenvalue weighted by Gasteiger charge is -2.31. The minimum atomic E-state index is -0.680. The number of nitrogens with two attached hydrogens (primary N) is 4. The third-order valence-corrected chi connectivity index (χ3v) is 17.3. The number of rotatable bonds is 24. The van der Waals surface area contributed by atoms with Crippen molar-refractivity contribution >= 4 is 0 Å². The second-order valence-electron chi connectivity index (χ2n) is 23.0. The van der Waals surface area contributed by atoms with Crippen LogP contribution < -0.4 is 21.3 Å². The maximum Gasteiger partial charge on any atom is 0.132 e. The number of quaternary nitrogens is 4. The average Bonchev–Trinajstić information content (AvgIpc) is 2.39. The summed E-state index contributed by atoms with van der Waals surface area (Å²) in [5.41, 5.74) is 9.48. The van der Waals surface area contributed by atoms with E-state index in [4.69, 9.17) is 0 Å². The van der Waals surface area contributed by atoms with Crippen LogP contribution in [0.25, 0.3) is 0 Å². The maximum absolute atomic E-state index is 13.0. The van der Waals surface area contributed by atoms with Crippen molar-refractivity contribution in [2.24, 2.45) is 0 Å². The normalized spacial score (nSPS) is 15.8. The van der Waals surface area contributed by atoms with Gasteiger partial charge in [-0.2, -0.15) is 0 Å². The molecule has 0 radical (unpaired) electrons. The molecule has 0 amide bonds. The maximum atomic E-state index is 13.0. The van der Waals surface area contributed by atoms with E-state index in [0.29, 0.717) is 144 Å². The van der Waals surface area contributed by atoms with Crippen molar-refractivity contribution in [3.63, 3.8) is 0 Å². The molecule has 16 N–H and O–H groups in total. The summed E-state index contributed by atoms with van der Waals surface area (Å²) in [5, 5.41) is 112. The Morgan fingerprint density at radius 3 is 0.571 bits per heavy atom. The Balaban J connectivity index is 1.36. The van der Waals surface area contributed by atoms with Gasteiger partial charge in [-0.1, -0.05) is 175 Å². The van der Waals surface area contributed by atoms with Gasteiger partial charge in [0.25, 0.3) is 0 Å². The van der Waals surface area contributed by atoms with Crippen LogP contribution in [0, 0.1) is 0 Å². The quantitative estimate of drug-likeness (QED) is 0.0278. The van der Waals surface area contributed by atoms with Crippen molar-refractivity contribution in [2.75, 3.05) is 0 Å². The van der Waals surface area contributed by atoms with E-state index in [1.165, 1.54) is 0 Å². The summed E-state index contributed by atoms with van der Waals surface area (Å²) in [6.07, 6.45) is 4.35. The summed E-state index contributed by atoms with van der Waals surface area (Å²) >= 11 is 0. The number of benzene rings is 8. The highest BCUT2D eigenvalue weighted by Gasteiger charge is 2.38. The average molecular weight is 1140 g/mol. The fourth-order valence-corrected chi connectivity index (χ4v) is 13.0. The molecule has 0 fully saturated rings. The Kier molecular flexibility index (Phi) is 20.6. The molecule has 0 aromatic heterocycles. The number of hydrogen-bond acceptors (Lipinski definition) is 8. The van der Waals surface area contributed by atoms with Crippen molar-refractivity contribution < 1.29 is 62.1 Å². The summed E-state index contributed by atoms with van der Waals surface area (Å²) in [5.74, 6) is -3.51. The van der Waals surface area contributed by atoms with Crippen LogP contribution in [0.4, 0.5) is 0 Å². The zero-order chi connectivity index (χ0) is 59.3. The molecule has 0 heterocycles. The van der Waals surface area contributed by atoms with E-state index in [1.807, 2.05) is 167 Å². The zero-order valence-corrected chi connectivity index (χ0v) is 49.4. The van der Waals surface area contributed by atoms with E-state index in [1.54, 1.807) is 0 Å². The van der Waals surface area contributed by atoms with E-state index in [9.17, 15) is 40.9 Å². The van der Waals surface area contributed by atoms with Gasteiger partial charge in [0.1, 0.15) is 98.4 Å². The van der Waals surface area contributed by atoms with Gasteiger partial charge in [0, 0.05) is 90.4 Å². The molecule has 12 nitrogen and oxygen atoms in total. The molecule has 9 rings (SSSR count). The van der Waals surface area contributed by atoms with E-state index >= 15 is 0 Å². The van der Waals surface area contributed by atoms with E-state index in [-0.39, 0.29) is 72.2 Å². The van der Waals surface area contributed by atoms with Gasteiger partial charge in [-0.05, 0) is 49.9 Å². The molecule has 0 saturated heterocycles. The minimum absolute atomic E-state index is 0.0984. The first kappa shape index (κ1) is 60.6. The number of fused-ring (bicyclic) bond motifs is 8. The van der Waals surface area contributed by atoms with Crippen molar-refractivity contribution in [3.05, 3.63) is 235 Å². The lowest BCUT2D eigenvalue weighted by atomic mass is 9.75. The molecule has 0 aliphatic heterocycles. The molecular formula is C72H88N4O8+4. The van der Waals surface area contributed by atoms with Gasteiger partial charge >= 0.3 is 0 Å². The Morgan fingerprint density at radius 1 is 0.250 bits per heavy atom. The number of phenolic OH excluding ortho intramolecular Hbond substituents is 8. The topological polar surface area (TPSA) is 228 Å². The third kappa shape index (κ3) is 13.3. The van der Waals surface area contributed by atoms with Crippen LogP contribution in [0.3, 0.4) is 0 Å². The molecule has 8 aromatic rings. The molecule has 1 aliphatic carbocycles. The van der Waals surface area contributed by atoms with Crippen LogP contribution in [0.1, 0.15) is 192 Å². The number of aromatic hydroxyl groups is 8. The molecule has 0 atom stereocenters. The summed E-state index contributed by atoms with van der Waals surface area (Å²) in [4.78, 5) is 0. The minimum Gasteiger partial charge on any atom is -0.507 e. The summed E-state index contributed by atoms with van der Waals surface area (Å²) in [6.45, 7) is 11.3. The number of phenols is 8. The molecule has 0 saturated carbocycles. The van der Waals surface area contributed by atoms with Crippen molar-refractivity contribution in [1.29, 1.82) is 0 Å². The summed E-state index contributed by atoms with van der Waals surface area (Å²) in [7, 11) is 0. The van der Waals surface area contributed by atoms with Gasteiger partial charge in [-0.25, -0.2) is 0 Å². The first-order valence-corrected chi connectivity index (χ1v) is 30.6. The van der Waals surface area contributed by atoms with Gasteiger partial charge < -0.3 is 62.1 Å². The van der Waals surface area contributed by atoms with Crippen LogP contribution in [0.15, 0.2) is 146 Å². The predicted octanol–water partition coefficient (Wildman–Crippen LogP) is 10.4. The SMILES string of the molecule is CCCC1c2cc(c(O)c(C[NH2+]Cc3ccccc3)c2O)C(CCC)c2cc(c(O)c(C[NH2+]Cc3ccccc3)c2O)C(CCC)c2cc(c(O)c(C[NH2+]Cc3ccccc3)c2O)C(CCC)c2cc1c(O)c(C[NH2+]Cc1ccccc1)c2O. The van der Waals surface area contributed by atoms with Gasteiger partial charge in [0.15, 0.2) is 0 Å².